The van der Waals surface area contributed by atoms with Gasteiger partial charge in [0.25, 0.3) is 0 Å². The van der Waals surface area contributed by atoms with Crippen molar-refractivity contribution in [2.45, 2.75) is 37.0 Å². The molecule has 1 aliphatic heterocycles. The molecule has 11 heteroatoms. The first-order chi connectivity index (χ1) is 15.0. The van der Waals surface area contributed by atoms with Gasteiger partial charge >= 0.3 is 5.97 Å². The first-order valence-corrected chi connectivity index (χ1v) is 9.71. The van der Waals surface area contributed by atoms with E-state index in [9.17, 15) is 20.1 Å². The lowest BCUT2D eigenvalue weighted by molar-refractivity contribution is -0.141. The quantitative estimate of drug-likeness (QED) is 0.366. The van der Waals surface area contributed by atoms with E-state index in [0.29, 0.717) is 23.4 Å². The van der Waals surface area contributed by atoms with Crippen LogP contribution in [-0.2, 0) is 20.7 Å². The minimum absolute atomic E-state index is 0.307. The number of aliphatic hydroxyl groups excluding tert-OH is 3. The molecule has 4 N–H and O–H groups in total. The van der Waals surface area contributed by atoms with E-state index in [1.165, 1.54) is 24.3 Å². The highest BCUT2D eigenvalue weighted by Crippen LogP contribution is 2.32. The molecule has 1 aliphatic rings. The van der Waals surface area contributed by atoms with Gasteiger partial charge in [0.1, 0.15) is 30.7 Å². The molecule has 1 unspecified atom stereocenters. The molecule has 4 rings (SSSR count). The van der Waals surface area contributed by atoms with Crippen LogP contribution in [-0.4, -0.2) is 78.9 Å². The average Bonchev–Trinajstić information content (AvgIpc) is 3.35. The molecule has 11 nitrogen and oxygen atoms in total. The number of fused-ring (bicyclic) bond motifs is 1. The number of imidazole rings is 1. The second kappa shape index (κ2) is 8.94. The third-order valence-electron chi connectivity index (χ3n) is 5.23. The van der Waals surface area contributed by atoms with Crippen LogP contribution >= 0.6 is 0 Å². The van der Waals surface area contributed by atoms with Crippen molar-refractivity contribution in [3.63, 3.8) is 0 Å². The molecule has 1 saturated heterocycles. The maximum Gasteiger partial charge on any atom is 0.328 e. The highest BCUT2D eigenvalue weighted by atomic mass is 16.6. The fourth-order valence-electron chi connectivity index (χ4n) is 3.60. The topological polar surface area (TPSA) is 152 Å². The van der Waals surface area contributed by atoms with E-state index in [1.807, 2.05) is 30.3 Å². The van der Waals surface area contributed by atoms with Gasteiger partial charge in [0.05, 0.1) is 20.0 Å². The molecule has 0 spiro atoms. The van der Waals surface area contributed by atoms with Crippen molar-refractivity contribution < 1.29 is 29.6 Å². The van der Waals surface area contributed by atoms with Crippen LogP contribution in [0, 0.1) is 0 Å². The van der Waals surface area contributed by atoms with Gasteiger partial charge in [0.2, 0.25) is 0 Å². The molecular weight excluding hydrogens is 406 g/mol. The van der Waals surface area contributed by atoms with Crippen molar-refractivity contribution in [2.24, 2.45) is 0 Å². The summed E-state index contributed by atoms with van der Waals surface area (Å²) in [5, 5.41) is 32.7. The zero-order chi connectivity index (χ0) is 22.0. The number of esters is 1. The number of anilines is 1. The first kappa shape index (κ1) is 21.1. The number of aliphatic hydroxyl groups is 3. The number of hydrogen-bond acceptors (Lipinski definition) is 10. The summed E-state index contributed by atoms with van der Waals surface area (Å²) in [5.74, 6) is -0.152. The fraction of sp³-hybridized carbons (Fsp3) is 0.400. The Balaban J connectivity index is 1.63. The van der Waals surface area contributed by atoms with Gasteiger partial charge in [-0.25, -0.2) is 19.7 Å². The maximum atomic E-state index is 12.4. The van der Waals surface area contributed by atoms with Crippen LogP contribution in [0.25, 0.3) is 11.2 Å². The zero-order valence-corrected chi connectivity index (χ0v) is 16.7. The smallest absolute Gasteiger partial charge is 0.328 e. The van der Waals surface area contributed by atoms with Crippen LogP contribution in [0.5, 0.6) is 0 Å². The summed E-state index contributed by atoms with van der Waals surface area (Å²) in [6.07, 6.45) is -1.37. The van der Waals surface area contributed by atoms with E-state index in [2.05, 4.69) is 20.3 Å². The number of ether oxygens (including phenoxy) is 2. The highest BCUT2D eigenvalue weighted by Gasteiger charge is 2.44. The number of aromatic nitrogens is 4. The van der Waals surface area contributed by atoms with Crippen molar-refractivity contribution in [2.75, 3.05) is 19.0 Å². The Hall–Kier alpha value is -3.12. The van der Waals surface area contributed by atoms with Gasteiger partial charge in [-0.3, -0.25) is 4.57 Å². The van der Waals surface area contributed by atoms with E-state index in [-0.39, 0.29) is 0 Å². The molecule has 31 heavy (non-hydrogen) atoms. The molecule has 0 radical (unpaired) electrons. The third-order valence-corrected chi connectivity index (χ3v) is 5.23. The van der Waals surface area contributed by atoms with E-state index >= 15 is 0 Å². The highest BCUT2D eigenvalue weighted by molar-refractivity contribution is 5.86. The zero-order valence-electron chi connectivity index (χ0n) is 16.7. The third kappa shape index (κ3) is 4.08. The summed E-state index contributed by atoms with van der Waals surface area (Å²) in [4.78, 5) is 25.1. The van der Waals surface area contributed by atoms with Crippen LogP contribution in [0.3, 0.4) is 0 Å². The van der Waals surface area contributed by atoms with E-state index in [1.54, 1.807) is 0 Å². The van der Waals surface area contributed by atoms with Crippen LogP contribution in [0.2, 0.25) is 0 Å². The molecule has 0 bridgehead atoms. The predicted molar refractivity (Wildman–Crippen MR) is 108 cm³/mol. The molecule has 2 aromatic heterocycles. The Morgan fingerprint density at radius 1 is 1.23 bits per heavy atom. The van der Waals surface area contributed by atoms with Gasteiger partial charge in [0, 0.05) is 6.42 Å². The van der Waals surface area contributed by atoms with Crippen LogP contribution in [0.4, 0.5) is 5.82 Å². The van der Waals surface area contributed by atoms with Gasteiger partial charge in [0.15, 0.2) is 23.2 Å². The second-order valence-electron chi connectivity index (χ2n) is 7.18. The SMILES string of the molecule is COC(=O)[C@@H](Cc1ccccc1)Nc1ncnc2c1ncn2[C@@H]1O[C@H](CO)[C@H](O)C1O. The average molecular weight is 429 g/mol. The number of benzene rings is 1. The largest absolute Gasteiger partial charge is 0.467 e. The summed E-state index contributed by atoms with van der Waals surface area (Å²) >= 11 is 0. The lowest BCUT2D eigenvalue weighted by Gasteiger charge is -2.18. The molecule has 3 heterocycles. The van der Waals surface area contributed by atoms with Crippen molar-refractivity contribution in [3.8, 4) is 0 Å². The maximum absolute atomic E-state index is 12.4. The Kier molecular flexibility index (Phi) is 6.09. The molecule has 164 valence electrons. The Morgan fingerprint density at radius 2 is 2.00 bits per heavy atom. The normalized spacial score (nSPS) is 24.3. The van der Waals surface area contributed by atoms with Gasteiger partial charge in [-0.2, -0.15) is 0 Å². The number of hydrogen-bond donors (Lipinski definition) is 4. The van der Waals surface area contributed by atoms with Crippen molar-refractivity contribution >= 4 is 23.0 Å². The van der Waals surface area contributed by atoms with Gasteiger partial charge in [-0.05, 0) is 5.56 Å². The number of nitrogens with zero attached hydrogens (tertiary/aromatic N) is 4. The molecule has 3 aromatic rings. The predicted octanol–water partition coefficient (Wildman–Crippen LogP) is -0.366. The van der Waals surface area contributed by atoms with Gasteiger partial charge in [-0.15, -0.1) is 0 Å². The van der Waals surface area contributed by atoms with Crippen LogP contribution in [0.15, 0.2) is 43.0 Å². The van der Waals surface area contributed by atoms with E-state index < -0.39 is 43.2 Å². The van der Waals surface area contributed by atoms with Crippen LogP contribution in [0.1, 0.15) is 11.8 Å². The number of methoxy groups -OCH3 is 1. The Morgan fingerprint density at radius 3 is 2.68 bits per heavy atom. The molecule has 0 aliphatic carbocycles. The monoisotopic (exact) mass is 429 g/mol. The second-order valence-corrected chi connectivity index (χ2v) is 7.18. The summed E-state index contributed by atoms with van der Waals surface area (Å²) in [6, 6.07) is 8.75. The van der Waals surface area contributed by atoms with Gasteiger partial charge < -0.3 is 30.1 Å². The molecule has 5 atom stereocenters. The standard InChI is InChI=1S/C20H23N5O6/c1-30-20(29)12(7-11-5-3-2-4-6-11)24-17-14-18(22-9-21-17)25(10-23-14)19-16(28)15(27)13(8-26)31-19/h2-6,9-10,12-13,15-16,19,26-28H,7-8H2,1H3,(H,21,22,24)/t12-,13-,15+,16?,19-/m1/s1. The minimum Gasteiger partial charge on any atom is -0.467 e. The Bertz CT molecular complexity index is 1040. The molecular formula is C20H23N5O6. The summed E-state index contributed by atoms with van der Waals surface area (Å²) < 4.78 is 11.9. The van der Waals surface area contributed by atoms with Gasteiger partial charge in [-0.1, -0.05) is 30.3 Å². The summed E-state index contributed by atoms with van der Waals surface area (Å²) in [6.45, 7) is -0.441. The lowest BCUT2D eigenvalue weighted by Crippen LogP contribution is -2.33. The number of carbonyl (C=O) groups is 1. The molecule has 0 saturated carbocycles. The van der Waals surface area contributed by atoms with Crippen molar-refractivity contribution in [1.29, 1.82) is 0 Å². The fourth-order valence-corrected chi connectivity index (χ4v) is 3.60. The minimum atomic E-state index is -1.28. The van der Waals surface area contributed by atoms with E-state index in [0.717, 1.165) is 5.56 Å². The number of nitrogens with one attached hydrogen (secondary N) is 1. The molecule has 0 amide bonds. The van der Waals surface area contributed by atoms with Crippen molar-refractivity contribution in [1.82, 2.24) is 19.5 Å². The van der Waals surface area contributed by atoms with E-state index in [4.69, 9.17) is 9.47 Å². The summed E-state index contributed by atoms with van der Waals surface area (Å²) in [5.41, 5.74) is 1.62. The number of rotatable bonds is 7. The summed E-state index contributed by atoms with van der Waals surface area (Å²) in [7, 11) is 1.31. The van der Waals surface area contributed by atoms with Crippen LogP contribution < -0.4 is 5.32 Å². The molecule has 1 aromatic carbocycles. The lowest BCUT2D eigenvalue weighted by atomic mass is 10.1. The van der Waals surface area contributed by atoms with Crippen molar-refractivity contribution in [3.05, 3.63) is 48.5 Å². The first-order valence-electron chi connectivity index (χ1n) is 9.71. The number of carbonyl (C=O) groups excluding carboxylic acids is 1. The molecule has 1 fully saturated rings. The Labute approximate surface area is 177 Å².